The molecule has 0 fully saturated rings. The minimum absolute atomic E-state index is 0.0866. The summed E-state index contributed by atoms with van der Waals surface area (Å²) in [5.74, 6) is -2.42. The molecule has 0 aromatic heterocycles. The summed E-state index contributed by atoms with van der Waals surface area (Å²) in [5, 5.41) is 3.45. The highest BCUT2D eigenvalue weighted by atomic mass is 16.2. The lowest BCUT2D eigenvalue weighted by Crippen LogP contribution is -2.25. The zero-order valence-electron chi connectivity index (χ0n) is 14.5. The Morgan fingerprint density at radius 3 is 1.89 bits per heavy atom. The summed E-state index contributed by atoms with van der Waals surface area (Å²) < 4.78 is 0. The van der Waals surface area contributed by atoms with Crippen molar-refractivity contribution in [1.29, 1.82) is 0 Å². The Labute approximate surface area is 156 Å². The Morgan fingerprint density at radius 2 is 1.15 bits per heavy atom. The van der Waals surface area contributed by atoms with Gasteiger partial charge < -0.3 is 0 Å². The molecule has 4 rings (SSSR count). The summed E-state index contributed by atoms with van der Waals surface area (Å²) in [7, 11) is 0. The molecule has 0 unspecified atom stereocenters. The number of hydrogen-bond donors (Lipinski definition) is 0. The maximum atomic E-state index is 12.7. The van der Waals surface area contributed by atoms with Crippen molar-refractivity contribution in [1.82, 2.24) is 0 Å². The van der Waals surface area contributed by atoms with E-state index in [0.717, 1.165) is 21.7 Å². The van der Waals surface area contributed by atoms with Gasteiger partial charge in [0.2, 0.25) is 11.6 Å². The van der Waals surface area contributed by atoms with Crippen molar-refractivity contribution >= 4 is 38.9 Å². The van der Waals surface area contributed by atoms with Crippen LogP contribution in [0.3, 0.4) is 0 Å². The minimum atomic E-state index is -0.973. The lowest BCUT2D eigenvalue weighted by atomic mass is 9.94. The Hall–Kier alpha value is -3.59. The normalized spacial score (nSPS) is 10.8. The number of fused-ring (bicyclic) bond motifs is 2. The highest BCUT2D eigenvalue weighted by Gasteiger charge is 2.25. The Morgan fingerprint density at radius 1 is 0.593 bits per heavy atom. The number of Topliss-reactive ketones (excluding diaryl/α,β-unsaturated/α-hetero) is 3. The molecule has 0 heterocycles. The van der Waals surface area contributed by atoms with E-state index in [9.17, 15) is 14.4 Å². The first-order valence-electron chi connectivity index (χ1n) is 8.71. The lowest BCUT2D eigenvalue weighted by Gasteiger charge is -2.07. The van der Waals surface area contributed by atoms with Crippen molar-refractivity contribution in [3.05, 3.63) is 96.1 Å². The largest absolute Gasteiger partial charge is 0.290 e. The van der Waals surface area contributed by atoms with Crippen molar-refractivity contribution in [2.45, 2.75) is 6.42 Å². The van der Waals surface area contributed by atoms with Crippen molar-refractivity contribution in [2.75, 3.05) is 0 Å². The van der Waals surface area contributed by atoms with Gasteiger partial charge in [-0.1, -0.05) is 84.9 Å². The maximum absolute atomic E-state index is 12.7. The second-order valence-corrected chi connectivity index (χ2v) is 6.42. The van der Waals surface area contributed by atoms with Gasteiger partial charge in [-0.25, -0.2) is 0 Å². The Bertz CT molecular complexity index is 1190. The molecular formula is C24H16O3. The van der Waals surface area contributed by atoms with Crippen LogP contribution >= 0.6 is 0 Å². The van der Waals surface area contributed by atoms with Crippen LogP contribution in [0, 0.1) is 0 Å². The standard InChI is InChI=1S/C24H16O3/c25-22(15-18-11-5-9-16-7-1-3-12-19(16)18)24(27)23(26)21-14-6-10-17-8-2-4-13-20(17)21/h1-14H,15H2. The molecule has 0 aliphatic heterocycles. The van der Waals surface area contributed by atoms with Gasteiger partial charge in [-0.15, -0.1) is 0 Å². The lowest BCUT2D eigenvalue weighted by molar-refractivity contribution is -0.133. The van der Waals surface area contributed by atoms with Gasteiger partial charge in [0.15, 0.2) is 0 Å². The number of rotatable bonds is 5. The van der Waals surface area contributed by atoms with Gasteiger partial charge in [0.25, 0.3) is 5.78 Å². The molecule has 3 heteroatoms. The first-order chi connectivity index (χ1) is 13.1. The van der Waals surface area contributed by atoms with E-state index in [0.29, 0.717) is 5.39 Å². The molecule has 27 heavy (non-hydrogen) atoms. The van der Waals surface area contributed by atoms with E-state index < -0.39 is 17.3 Å². The quantitative estimate of drug-likeness (QED) is 0.301. The molecule has 0 saturated carbocycles. The summed E-state index contributed by atoms with van der Waals surface area (Å²) in [6.07, 6.45) is -0.0866. The van der Waals surface area contributed by atoms with Crippen LogP contribution in [-0.2, 0) is 16.0 Å². The summed E-state index contributed by atoms with van der Waals surface area (Å²) in [6, 6.07) is 25.8. The SMILES string of the molecule is O=C(Cc1cccc2ccccc12)C(=O)C(=O)c1cccc2ccccc12. The fourth-order valence-electron chi connectivity index (χ4n) is 3.37. The van der Waals surface area contributed by atoms with Gasteiger partial charge in [0.05, 0.1) is 0 Å². The molecule has 0 spiro atoms. The van der Waals surface area contributed by atoms with E-state index in [1.807, 2.05) is 66.7 Å². The highest BCUT2D eigenvalue weighted by molar-refractivity contribution is 6.68. The molecule has 0 bridgehead atoms. The summed E-state index contributed by atoms with van der Waals surface area (Å²) in [4.78, 5) is 37.7. The third-order valence-electron chi connectivity index (χ3n) is 4.72. The molecular weight excluding hydrogens is 336 g/mol. The van der Waals surface area contributed by atoms with Gasteiger partial charge in [0.1, 0.15) is 0 Å². The van der Waals surface area contributed by atoms with E-state index in [2.05, 4.69) is 0 Å². The van der Waals surface area contributed by atoms with Crippen LogP contribution < -0.4 is 0 Å². The molecule has 4 aromatic rings. The highest BCUT2D eigenvalue weighted by Crippen LogP contribution is 2.21. The van der Waals surface area contributed by atoms with Crippen LogP contribution in [0.15, 0.2) is 84.9 Å². The summed E-state index contributed by atoms with van der Waals surface area (Å²) in [5.41, 5.74) is 1.02. The van der Waals surface area contributed by atoms with Gasteiger partial charge in [-0.05, 0) is 27.1 Å². The fourth-order valence-corrected chi connectivity index (χ4v) is 3.37. The van der Waals surface area contributed by atoms with Gasteiger partial charge in [-0.2, -0.15) is 0 Å². The first-order valence-corrected chi connectivity index (χ1v) is 8.71. The van der Waals surface area contributed by atoms with E-state index in [1.165, 1.54) is 0 Å². The molecule has 0 radical (unpaired) electrons. The zero-order valence-corrected chi connectivity index (χ0v) is 14.5. The van der Waals surface area contributed by atoms with E-state index in [4.69, 9.17) is 0 Å². The number of carbonyl (C=O) groups is 3. The van der Waals surface area contributed by atoms with Crippen LogP contribution in [0.25, 0.3) is 21.5 Å². The van der Waals surface area contributed by atoms with E-state index in [1.54, 1.807) is 18.2 Å². The van der Waals surface area contributed by atoms with E-state index in [-0.39, 0.29) is 12.0 Å². The number of benzene rings is 4. The van der Waals surface area contributed by atoms with E-state index >= 15 is 0 Å². The average Bonchev–Trinajstić information content (AvgIpc) is 2.72. The zero-order chi connectivity index (χ0) is 18.8. The summed E-state index contributed by atoms with van der Waals surface area (Å²) >= 11 is 0. The summed E-state index contributed by atoms with van der Waals surface area (Å²) in [6.45, 7) is 0. The molecule has 0 amide bonds. The van der Waals surface area contributed by atoms with Crippen molar-refractivity contribution in [2.24, 2.45) is 0 Å². The topological polar surface area (TPSA) is 51.2 Å². The maximum Gasteiger partial charge on any atom is 0.269 e. The molecule has 0 saturated heterocycles. The van der Waals surface area contributed by atoms with Gasteiger partial charge >= 0.3 is 0 Å². The van der Waals surface area contributed by atoms with Crippen LogP contribution in [0.2, 0.25) is 0 Å². The van der Waals surface area contributed by atoms with Crippen LogP contribution in [-0.4, -0.2) is 17.3 Å². The Balaban J connectivity index is 1.64. The molecule has 0 N–H and O–H groups in total. The van der Waals surface area contributed by atoms with Crippen molar-refractivity contribution in [3.8, 4) is 0 Å². The predicted octanol–water partition coefficient (Wildman–Crippen LogP) is 4.56. The second kappa shape index (κ2) is 6.96. The third-order valence-corrected chi connectivity index (χ3v) is 4.72. The smallest absolute Gasteiger partial charge is 0.269 e. The predicted molar refractivity (Wildman–Crippen MR) is 106 cm³/mol. The third kappa shape index (κ3) is 3.15. The Kier molecular flexibility index (Phi) is 4.35. The minimum Gasteiger partial charge on any atom is -0.290 e. The number of carbonyl (C=O) groups excluding carboxylic acids is 3. The molecule has 0 atom stereocenters. The molecule has 0 aliphatic carbocycles. The molecule has 3 nitrogen and oxygen atoms in total. The molecule has 4 aromatic carbocycles. The first kappa shape index (κ1) is 16.9. The van der Waals surface area contributed by atoms with Gasteiger partial charge in [-0.3, -0.25) is 14.4 Å². The van der Waals surface area contributed by atoms with Crippen LogP contribution in [0.1, 0.15) is 15.9 Å². The van der Waals surface area contributed by atoms with Crippen LogP contribution in [0.4, 0.5) is 0 Å². The fraction of sp³-hybridized carbons (Fsp3) is 0.0417. The van der Waals surface area contributed by atoms with Crippen molar-refractivity contribution in [3.63, 3.8) is 0 Å². The molecule has 130 valence electrons. The second-order valence-electron chi connectivity index (χ2n) is 6.42. The monoisotopic (exact) mass is 352 g/mol. The van der Waals surface area contributed by atoms with Crippen LogP contribution in [0.5, 0.6) is 0 Å². The van der Waals surface area contributed by atoms with Gasteiger partial charge in [0, 0.05) is 12.0 Å². The molecule has 0 aliphatic rings. The number of hydrogen-bond acceptors (Lipinski definition) is 3. The van der Waals surface area contributed by atoms with Crippen molar-refractivity contribution < 1.29 is 14.4 Å². The average molecular weight is 352 g/mol. The number of ketones is 3.